The minimum Gasteiger partial charge on any atom is -0.379 e. The van der Waals surface area contributed by atoms with Gasteiger partial charge in [-0.3, -0.25) is 4.98 Å². The van der Waals surface area contributed by atoms with Crippen molar-refractivity contribution in [2.24, 2.45) is 0 Å². The Balaban J connectivity index is 1.85. The molecule has 0 aliphatic heterocycles. The number of fused-ring (bicyclic) bond motifs is 1. The first kappa shape index (κ1) is 13.2. The van der Waals surface area contributed by atoms with Gasteiger partial charge in [0, 0.05) is 17.8 Å². The summed E-state index contributed by atoms with van der Waals surface area (Å²) < 4.78 is 6.98. The standard InChI is InChI=1S/C17H14N6O/c18-16-14(21-24-22-16)17-20-13-9-19-8-12(10-4-2-1-3-5-10)15(13)23(17)11-6-7-11/h1-5,8-9,11H,6-7H2,(H2,18,22). The molecule has 0 saturated heterocycles. The molecule has 3 aromatic heterocycles. The van der Waals surface area contributed by atoms with Crippen LogP contribution in [0.15, 0.2) is 47.4 Å². The molecule has 1 saturated carbocycles. The Morgan fingerprint density at radius 2 is 1.92 bits per heavy atom. The van der Waals surface area contributed by atoms with Crippen molar-refractivity contribution in [1.82, 2.24) is 24.8 Å². The van der Waals surface area contributed by atoms with Crippen LogP contribution in [0.1, 0.15) is 18.9 Å². The van der Waals surface area contributed by atoms with Crippen LogP contribution < -0.4 is 5.73 Å². The molecule has 5 rings (SSSR count). The number of benzene rings is 1. The molecule has 7 heteroatoms. The molecule has 0 spiro atoms. The molecule has 7 nitrogen and oxygen atoms in total. The first-order valence-corrected chi connectivity index (χ1v) is 7.82. The zero-order chi connectivity index (χ0) is 16.1. The van der Waals surface area contributed by atoms with Crippen molar-refractivity contribution in [3.63, 3.8) is 0 Å². The normalized spacial score (nSPS) is 14.3. The monoisotopic (exact) mass is 318 g/mol. The summed E-state index contributed by atoms with van der Waals surface area (Å²) in [7, 11) is 0. The van der Waals surface area contributed by atoms with E-state index in [0.29, 0.717) is 17.6 Å². The van der Waals surface area contributed by atoms with Crippen LogP contribution in [0.25, 0.3) is 33.7 Å². The quantitative estimate of drug-likeness (QED) is 0.623. The highest BCUT2D eigenvalue weighted by atomic mass is 16.6. The average Bonchev–Trinajstić information content (AvgIpc) is 3.25. The minimum absolute atomic E-state index is 0.251. The highest BCUT2D eigenvalue weighted by molar-refractivity contribution is 5.94. The van der Waals surface area contributed by atoms with E-state index >= 15 is 0 Å². The highest BCUT2D eigenvalue weighted by Gasteiger charge is 2.32. The van der Waals surface area contributed by atoms with Crippen LogP contribution in [0.2, 0.25) is 0 Å². The van der Waals surface area contributed by atoms with Crippen LogP contribution in [0, 0.1) is 0 Å². The zero-order valence-electron chi connectivity index (χ0n) is 12.8. The molecule has 0 unspecified atom stereocenters. The van der Waals surface area contributed by atoms with Gasteiger partial charge in [0.15, 0.2) is 17.3 Å². The average molecular weight is 318 g/mol. The fourth-order valence-corrected chi connectivity index (χ4v) is 3.09. The molecule has 1 fully saturated rings. The number of nitrogens with two attached hydrogens (primary N) is 1. The van der Waals surface area contributed by atoms with Crippen molar-refractivity contribution in [2.45, 2.75) is 18.9 Å². The molecule has 118 valence electrons. The van der Waals surface area contributed by atoms with Crippen molar-refractivity contribution in [3.8, 4) is 22.6 Å². The third-order valence-corrected chi connectivity index (χ3v) is 4.32. The molecule has 0 bridgehead atoms. The number of rotatable bonds is 3. The van der Waals surface area contributed by atoms with Gasteiger partial charge in [0.25, 0.3) is 0 Å². The van der Waals surface area contributed by atoms with Crippen molar-refractivity contribution < 1.29 is 4.63 Å². The van der Waals surface area contributed by atoms with Gasteiger partial charge in [-0.2, -0.15) is 0 Å². The molecule has 2 N–H and O–H groups in total. The van der Waals surface area contributed by atoms with Crippen molar-refractivity contribution in [2.75, 3.05) is 5.73 Å². The van der Waals surface area contributed by atoms with Gasteiger partial charge in [-0.05, 0) is 28.7 Å². The van der Waals surface area contributed by atoms with E-state index in [0.717, 1.165) is 35.0 Å². The SMILES string of the molecule is Nc1nonc1-c1nc2cncc(-c3ccccc3)c2n1C1CC1. The third-order valence-electron chi connectivity index (χ3n) is 4.32. The molecule has 0 atom stereocenters. The van der Waals surface area contributed by atoms with E-state index in [9.17, 15) is 0 Å². The minimum atomic E-state index is 0.251. The molecule has 0 amide bonds. The second kappa shape index (κ2) is 4.89. The Bertz CT molecular complexity index is 1030. The largest absolute Gasteiger partial charge is 0.379 e. The van der Waals surface area contributed by atoms with Crippen molar-refractivity contribution in [3.05, 3.63) is 42.7 Å². The number of aromatic nitrogens is 5. The molecule has 1 aliphatic rings. The van der Waals surface area contributed by atoms with E-state index in [1.54, 1.807) is 6.20 Å². The summed E-state index contributed by atoms with van der Waals surface area (Å²) in [4.78, 5) is 9.08. The Hall–Kier alpha value is -3.22. The van der Waals surface area contributed by atoms with Gasteiger partial charge in [0.05, 0.1) is 11.7 Å². The number of hydrogen-bond donors (Lipinski definition) is 1. The summed E-state index contributed by atoms with van der Waals surface area (Å²) in [6, 6.07) is 10.6. The first-order chi connectivity index (χ1) is 11.8. The molecule has 24 heavy (non-hydrogen) atoms. The molecular formula is C17H14N6O. The Labute approximate surface area is 137 Å². The third kappa shape index (κ3) is 1.91. The molecule has 3 heterocycles. The highest BCUT2D eigenvalue weighted by Crippen LogP contribution is 2.43. The van der Waals surface area contributed by atoms with Crippen LogP contribution in [-0.4, -0.2) is 24.8 Å². The maximum absolute atomic E-state index is 5.90. The molecule has 0 radical (unpaired) electrons. The summed E-state index contributed by atoms with van der Waals surface area (Å²) in [6.45, 7) is 0. The van der Waals surface area contributed by atoms with Crippen LogP contribution >= 0.6 is 0 Å². The lowest BCUT2D eigenvalue weighted by Gasteiger charge is -2.09. The predicted molar refractivity (Wildman–Crippen MR) is 88.9 cm³/mol. The number of pyridine rings is 1. The molecule has 1 aromatic carbocycles. The van der Waals surface area contributed by atoms with Crippen molar-refractivity contribution >= 4 is 16.9 Å². The molecule has 4 aromatic rings. The van der Waals surface area contributed by atoms with E-state index in [4.69, 9.17) is 15.3 Å². The van der Waals surface area contributed by atoms with Gasteiger partial charge >= 0.3 is 0 Å². The summed E-state index contributed by atoms with van der Waals surface area (Å²) in [5, 5.41) is 7.63. The summed E-state index contributed by atoms with van der Waals surface area (Å²) >= 11 is 0. The Kier molecular flexibility index (Phi) is 2.70. The smallest absolute Gasteiger partial charge is 0.199 e. The lowest BCUT2D eigenvalue weighted by atomic mass is 10.1. The lowest BCUT2D eigenvalue weighted by molar-refractivity contribution is 0.310. The van der Waals surface area contributed by atoms with Gasteiger partial charge in [-0.1, -0.05) is 30.3 Å². The Morgan fingerprint density at radius 3 is 2.62 bits per heavy atom. The topological polar surface area (TPSA) is 95.7 Å². The fraction of sp³-hybridized carbons (Fsp3) is 0.176. The van der Waals surface area contributed by atoms with Gasteiger partial charge in [0.1, 0.15) is 5.52 Å². The second-order valence-corrected chi connectivity index (χ2v) is 5.96. The second-order valence-electron chi connectivity index (χ2n) is 5.96. The van der Waals surface area contributed by atoms with Crippen molar-refractivity contribution in [1.29, 1.82) is 0 Å². The first-order valence-electron chi connectivity index (χ1n) is 7.82. The number of anilines is 1. The zero-order valence-corrected chi connectivity index (χ0v) is 12.8. The van der Waals surface area contributed by atoms with Gasteiger partial charge in [-0.25, -0.2) is 9.61 Å². The van der Waals surface area contributed by atoms with Crippen LogP contribution in [0.4, 0.5) is 5.82 Å². The molecular weight excluding hydrogens is 304 g/mol. The summed E-state index contributed by atoms with van der Waals surface area (Å²) in [5.41, 5.74) is 10.4. The summed E-state index contributed by atoms with van der Waals surface area (Å²) in [5.74, 6) is 0.942. The number of nitrogen functional groups attached to an aromatic ring is 1. The summed E-state index contributed by atoms with van der Waals surface area (Å²) in [6.07, 6.45) is 5.88. The maximum Gasteiger partial charge on any atom is 0.199 e. The fourth-order valence-electron chi connectivity index (χ4n) is 3.09. The molecule has 1 aliphatic carbocycles. The van der Waals surface area contributed by atoms with Crippen LogP contribution in [0.5, 0.6) is 0 Å². The number of imidazole rings is 1. The van der Waals surface area contributed by atoms with E-state index in [1.807, 2.05) is 24.4 Å². The van der Waals surface area contributed by atoms with Gasteiger partial charge in [-0.15, -0.1) is 0 Å². The lowest BCUT2D eigenvalue weighted by Crippen LogP contribution is -2.01. The van der Waals surface area contributed by atoms with E-state index in [-0.39, 0.29) is 5.82 Å². The van der Waals surface area contributed by atoms with Crippen LogP contribution in [0.3, 0.4) is 0 Å². The predicted octanol–water partition coefficient (Wildman–Crippen LogP) is 3.07. The Morgan fingerprint density at radius 1 is 1.08 bits per heavy atom. The van der Waals surface area contributed by atoms with E-state index in [1.165, 1.54) is 0 Å². The van der Waals surface area contributed by atoms with Gasteiger partial charge in [0.2, 0.25) is 0 Å². The number of hydrogen-bond acceptors (Lipinski definition) is 6. The maximum atomic E-state index is 5.90. The van der Waals surface area contributed by atoms with Gasteiger partial charge < -0.3 is 10.3 Å². The van der Waals surface area contributed by atoms with E-state index in [2.05, 4.69) is 32.0 Å². The number of nitrogens with zero attached hydrogens (tertiary/aromatic N) is 5. The van der Waals surface area contributed by atoms with Crippen LogP contribution in [-0.2, 0) is 0 Å². The van der Waals surface area contributed by atoms with E-state index < -0.39 is 0 Å².